The predicted octanol–water partition coefficient (Wildman–Crippen LogP) is -0.275. The van der Waals surface area contributed by atoms with E-state index in [1.54, 1.807) is 4.90 Å². The third-order valence-corrected chi connectivity index (χ3v) is 3.07. The van der Waals surface area contributed by atoms with E-state index < -0.39 is 5.54 Å². The van der Waals surface area contributed by atoms with Gasteiger partial charge >= 0.3 is 0 Å². The van der Waals surface area contributed by atoms with E-state index in [1.165, 1.54) is 0 Å². The van der Waals surface area contributed by atoms with E-state index in [2.05, 4.69) is 0 Å². The van der Waals surface area contributed by atoms with Crippen LogP contribution < -0.4 is 5.73 Å². The van der Waals surface area contributed by atoms with Crippen LogP contribution in [0.5, 0.6) is 0 Å². The summed E-state index contributed by atoms with van der Waals surface area (Å²) >= 11 is 0. The number of hydrogen-bond donors (Lipinski definition) is 2. The number of ether oxygens (including phenoxy) is 1. The summed E-state index contributed by atoms with van der Waals surface area (Å²) in [7, 11) is 0. The first-order valence-electron chi connectivity index (χ1n) is 5.91. The molecule has 0 aromatic carbocycles. The van der Waals surface area contributed by atoms with Crippen molar-refractivity contribution in [2.75, 3.05) is 32.9 Å². The normalized spacial score (nSPS) is 19.4. The Balaban J connectivity index is 2.58. The molecule has 1 heterocycles. The van der Waals surface area contributed by atoms with Gasteiger partial charge in [0.1, 0.15) is 0 Å². The molecule has 0 saturated carbocycles. The van der Waals surface area contributed by atoms with E-state index in [0.29, 0.717) is 45.6 Å². The number of likely N-dealkylation sites (N-methyl/N-ethyl adjacent to an activating group) is 1. The Morgan fingerprint density at radius 3 is 2.62 bits per heavy atom. The van der Waals surface area contributed by atoms with Crippen LogP contribution in [0.15, 0.2) is 0 Å². The fraction of sp³-hybridized carbons (Fsp3) is 0.909. The molecule has 94 valence electrons. The lowest BCUT2D eigenvalue weighted by Gasteiger charge is -2.36. The number of aliphatic hydroxyl groups is 1. The van der Waals surface area contributed by atoms with Crippen molar-refractivity contribution in [3.05, 3.63) is 0 Å². The Labute approximate surface area is 96.6 Å². The third kappa shape index (κ3) is 3.17. The SMILES string of the molecule is CCN(CCCO)C(=O)C1(N)CCOCC1. The van der Waals surface area contributed by atoms with Gasteiger partial charge in [0, 0.05) is 32.9 Å². The Morgan fingerprint density at radius 1 is 1.50 bits per heavy atom. The molecule has 0 spiro atoms. The second-order valence-corrected chi connectivity index (χ2v) is 4.23. The Hall–Kier alpha value is -0.650. The van der Waals surface area contributed by atoms with Crippen LogP contribution in [-0.4, -0.2) is 54.4 Å². The van der Waals surface area contributed by atoms with Crippen molar-refractivity contribution in [1.29, 1.82) is 0 Å². The number of carbonyl (C=O) groups excluding carboxylic acids is 1. The van der Waals surface area contributed by atoms with Crippen LogP contribution in [0.2, 0.25) is 0 Å². The maximum Gasteiger partial charge on any atom is 0.242 e. The summed E-state index contributed by atoms with van der Waals surface area (Å²) in [6, 6.07) is 0. The number of nitrogens with two attached hydrogens (primary N) is 1. The molecular weight excluding hydrogens is 208 g/mol. The van der Waals surface area contributed by atoms with Gasteiger partial charge in [0.05, 0.1) is 5.54 Å². The maximum absolute atomic E-state index is 12.2. The molecule has 1 amide bonds. The van der Waals surface area contributed by atoms with Crippen molar-refractivity contribution in [3.63, 3.8) is 0 Å². The number of carbonyl (C=O) groups is 1. The number of hydrogen-bond acceptors (Lipinski definition) is 4. The van der Waals surface area contributed by atoms with Gasteiger partial charge in [-0.25, -0.2) is 0 Å². The Kier molecular flexibility index (Phi) is 5.18. The summed E-state index contributed by atoms with van der Waals surface area (Å²) in [6.45, 7) is 4.35. The standard InChI is InChI=1S/C11H22N2O3/c1-2-13(6-3-7-14)10(15)11(12)4-8-16-9-5-11/h14H,2-9,12H2,1H3. The molecule has 1 saturated heterocycles. The van der Waals surface area contributed by atoms with Gasteiger partial charge in [-0.15, -0.1) is 0 Å². The smallest absolute Gasteiger partial charge is 0.242 e. The molecule has 1 rings (SSSR count). The summed E-state index contributed by atoms with van der Waals surface area (Å²) in [4.78, 5) is 13.9. The van der Waals surface area contributed by atoms with E-state index in [0.717, 1.165) is 0 Å². The maximum atomic E-state index is 12.2. The van der Waals surface area contributed by atoms with Crippen LogP contribution in [0, 0.1) is 0 Å². The zero-order valence-corrected chi connectivity index (χ0v) is 9.95. The lowest BCUT2D eigenvalue weighted by atomic mass is 9.89. The molecule has 0 radical (unpaired) electrons. The summed E-state index contributed by atoms with van der Waals surface area (Å²) in [5.41, 5.74) is 5.36. The molecule has 0 aliphatic carbocycles. The minimum atomic E-state index is -0.760. The Bertz CT molecular complexity index is 227. The molecule has 1 aliphatic heterocycles. The molecule has 3 N–H and O–H groups in total. The summed E-state index contributed by atoms with van der Waals surface area (Å²) < 4.78 is 5.22. The highest BCUT2D eigenvalue weighted by atomic mass is 16.5. The minimum Gasteiger partial charge on any atom is -0.396 e. The second kappa shape index (κ2) is 6.18. The van der Waals surface area contributed by atoms with Crippen LogP contribution in [0.4, 0.5) is 0 Å². The zero-order chi connectivity index (χ0) is 12.0. The molecule has 1 fully saturated rings. The molecule has 1 aliphatic rings. The fourth-order valence-electron chi connectivity index (χ4n) is 1.93. The van der Waals surface area contributed by atoms with Gasteiger partial charge in [-0.2, -0.15) is 0 Å². The van der Waals surface area contributed by atoms with Gasteiger partial charge in [-0.3, -0.25) is 4.79 Å². The quantitative estimate of drug-likeness (QED) is 0.681. The molecular formula is C11H22N2O3. The first-order chi connectivity index (χ1) is 7.64. The van der Waals surface area contributed by atoms with Crippen molar-refractivity contribution in [2.45, 2.75) is 31.7 Å². The van der Waals surface area contributed by atoms with E-state index in [9.17, 15) is 4.79 Å². The first kappa shape index (κ1) is 13.4. The molecule has 5 heteroatoms. The summed E-state index contributed by atoms with van der Waals surface area (Å²) in [5.74, 6) is -0.00764. The zero-order valence-electron chi connectivity index (χ0n) is 9.95. The molecule has 0 atom stereocenters. The van der Waals surface area contributed by atoms with Crippen LogP contribution in [0.3, 0.4) is 0 Å². The highest BCUT2D eigenvalue weighted by Gasteiger charge is 2.38. The number of amides is 1. The molecule has 0 bridgehead atoms. The largest absolute Gasteiger partial charge is 0.396 e. The third-order valence-electron chi connectivity index (χ3n) is 3.07. The van der Waals surface area contributed by atoms with Crippen molar-refractivity contribution in [1.82, 2.24) is 4.90 Å². The highest BCUT2D eigenvalue weighted by Crippen LogP contribution is 2.20. The molecule has 16 heavy (non-hydrogen) atoms. The van der Waals surface area contributed by atoms with Crippen LogP contribution in [-0.2, 0) is 9.53 Å². The van der Waals surface area contributed by atoms with Crippen LogP contribution >= 0.6 is 0 Å². The summed E-state index contributed by atoms with van der Waals surface area (Å²) in [5, 5.41) is 8.78. The van der Waals surface area contributed by atoms with Gasteiger partial charge in [0.2, 0.25) is 5.91 Å². The average Bonchev–Trinajstić information content (AvgIpc) is 2.31. The highest BCUT2D eigenvalue weighted by molar-refractivity contribution is 5.86. The first-order valence-corrected chi connectivity index (χ1v) is 5.91. The molecule has 0 unspecified atom stereocenters. The Morgan fingerprint density at radius 2 is 2.12 bits per heavy atom. The lowest BCUT2D eigenvalue weighted by Crippen LogP contribution is -2.58. The van der Waals surface area contributed by atoms with Crippen molar-refractivity contribution in [3.8, 4) is 0 Å². The van der Waals surface area contributed by atoms with Gasteiger partial charge < -0.3 is 20.5 Å². The van der Waals surface area contributed by atoms with Crippen LogP contribution in [0.25, 0.3) is 0 Å². The van der Waals surface area contributed by atoms with E-state index >= 15 is 0 Å². The number of nitrogens with zero attached hydrogens (tertiary/aromatic N) is 1. The molecule has 0 aromatic rings. The van der Waals surface area contributed by atoms with Crippen LogP contribution in [0.1, 0.15) is 26.2 Å². The fourth-order valence-corrected chi connectivity index (χ4v) is 1.93. The molecule has 5 nitrogen and oxygen atoms in total. The number of aliphatic hydroxyl groups excluding tert-OH is 1. The molecule has 0 aromatic heterocycles. The van der Waals surface area contributed by atoms with Crippen molar-refractivity contribution in [2.24, 2.45) is 5.73 Å². The number of rotatable bonds is 5. The monoisotopic (exact) mass is 230 g/mol. The van der Waals surface area contributed by atoms with Crippen molar-refractivity contribution < 1.29 is 14.6 Å². The van der Waals surface area contributed by atoms with Gasteiger partial charge in [0.15, 0.2) is 0 Å². The van der Waals surface area contributed by atoms with Gasteiger partial charge in [-0.05, 0) is 26.2 Å². The van der Waals surface area contributed by atoms with Gasteiger partial charge in [0.25, 0.3) is 0 Å². The van der Waals surface area contributed by atoms with E-state index in [-0.39, 0.29) is 12.5 Å². The average molecular weight is 230 g/mol. The topological polar surface area (TPSA) is 75.8 Å². The van der Waals surface area contributed by atoms with Gasteiger partial charge in [-0.1, -0.05) is 0 Å². The van der Waals surface area contributed by atoms with E-state index in [4.69, 9.17) is 15.6 Å². The summed E-state index contributed by atoms with van der Waals surface area (Å²) in [6.07, 6.45) is 1.77. The van der Waals surface area contributed by atoms with Crippen molar-refractivity contribution >= 4 is 5.91 Å². The second-order valence-electron chi connectivity index (χ2n) is 4.23. The predicted molar refractivity (Wildman–Crippen MR) is 60.9 cm³/mol. The lowest BCUT2D eigenvalue weighted by molar-refractivity contribution is -0.140. The minimum absolute atomic E-state index is 0.00764. The van der Waals surface area contributed by atoms with E-state index in [1.807, 2.05) is 6.92 Å².